The van der Waals surface area contributed by atoms with Crippen LogP contribution in [-0.2, 0) is 9.84 Å². The Morgan fingerprint density at radius 2 is 1.72 bits per heavy atom. The molecule has 0 radical (unpaired) electrons. The second-order valence-electron chi connectivity index (χ2n) is 5.77. The van der Waals surface area contributed by atoms with Crippen LogP contribution in [0, 0.1) is 5.92 Å². The molecule has 1 rings (SSSR count). The zero-order valence-corrected chi connectivity index (χ0v) is 12.8. The fraction of sp³-hybridized carbons (Fsp3) is 1.00. The van der Waals surface area contributed by atoms with Crippen LogP contribution in [0.15, 0.2) is 0 Å². The molecule has 0 unspecified atom stereocenters. The molecule has 0 bridgehead atoms. The number of unbranched alkanes of at least 4 members (excludes halogenated alkanes) is 2. The Kier molecular flexibility index (Phi) is 7.23. The second kappa shape index (κ2) is 8.16. The van der Waals surface area contributed by atoms with Crippen molar-refractivity contribution in [2.75, 3.05) is 18.1 Å². The third-order valence-corrected chi connectivity index (χ3v) is 5.66. The zero-order valence-electron chi connectivity index (χ0n) is 12.0. The van der Waals surface area contributed by atoms with E-state index in [0.717, 1.165) is 25.2 Å². The molecule has 1 fully saturated rings. The van der Waals surface area contributed by atoms with Crippen LogP contribution >= 0.6 is 0 Å². The molecule has 0 aliphatic heterocycles. The van der Waals surface area contributed by atoms with Crippen LogP contribution in [0.2, 0.25) is 0 Å². The van der Waals surface area contributed by atoms with Gasteiger partial charge in [0.05, 0.1) is 11.5 Å². The maximum absolute atomic E-state index is 11.8. The highest BCUT2D eigenvalue weighted by Gasteiger charge is 2.18. The first kappa shape index (κ1) is 16.0. The third-order valence-electron chi connectivity index (χ3n) is 3.92. The van der Waals surface area contributed by atoms with E-state index in [-0.39, 0.29) is 0 Å². The molecule has 1 aliphatic rings. The van der Waals surface area contributed by atoms with E-state index in [0.29, 0.717) is 24.1 Å². The van der Waals surface area contributed by atoms with Crippen LogP contribution in [0.3, 0.4) is 0 Å². The molecule has 1 N–H and O–H groups in total. The standard InChI is InChI=1S/C14H29NO2S/c1-3-4-5-11-18(16,17)12-10-15-14-8-6-13(2)7-9-14/h13-15H,3-12H2,1-2H3. The predicted molar refractivity (Wildman–Crippen MR) is 77.6 cm³/mol. The summed E-state index contributed by atoms with van der Waals surface area (Å²) >= 11 is 0. The summed E-state index contributed by atoms with van der Waals surface area (Å²) < 4.78 is 23.5. The monoisotopic (exact) mass is 275 g/mol. The van der Waals surface area contributed by atoms with Gasteiger partial charge in [0.25, 0.3) is 0 Å². The van der Waals surface area contributed by atoms with E-state index in [1.54, 1.807) is 0 Å². The van der Waals surface area contributed by atoms with Gasteiger partial charge in [-0.25, -0.2) is 8.42 Å². The van der Waals surface area contributed by atoms with Crippen LogP contribution in [-0.4, -0.2) is 32.5 Å². The van der Waals surface area contributed by atoms with E-state index in [9.17, 15) is 8.42 Å². The summed E-state index contributed by atoms with van der Waals surface area (Å²) in [6.45, 7) is 5.03. The topological polar surface area (TPSA) is 46.2 Å². The summed E-state index contributed by atoms with van der Waals surface area (Å²) in [7, 11) is -2.83. The highest BCUT2D eigenvalue weighted by Crippen LogP contribution is 2.23. The van der Waals surface area contributed by atoms with Crippen molar-refractivity contribution in [2.45, 2.75) is 64.8 Å². The van der Waals surface area contributed by atoms with Crippen LogP contribution < -0.4 is 5.32 Å². The van der Waals surface area contributed by atoms with Crippen LogP contribution in [0.25, 0.3) is 0 Å². The predicted octanol–water partition coefficient (Wildman–Crippen LogP) is 2.76. The smallest absolute Gasteiger partial charge is 0.151 e. The van der Waals surface area contributed by atoms with Gasteiger partial charge in [0.2, 0.25) is 0 Å². The summed E-state index contributed by atoms with van der Waals surface area (Å²) in [5.74, 6) is 1.52. The molecule has 3 nitrogen and oxygen atoms in total. The van der Waals surface area contributed by atoms with Crippen molar-refractivity contribution in [1.82, 2.24) is 5.32 Å². The summed E-state index contributed by atoms with van der Waals surface area (Å²) in [6, 6.07) is 0.548. The van der Waals surface area contributed by atoms with E-state index >= 15 is 0 Å². The van der Waals surface area contributed by atoms with Gasteiger partial charge in [0.1, 0.15) is 0 Å². The van der Waals surface area contributed by atoms with Crippen molar-refractivity contribution >= 4 is 9.84 Å². The van der Waals surface area contributed by atoms with Gasteiger partial charge in [-0.05, 0) is 38.0 Å². The molecular formula is C14H29NO2S. The normalized spacial score (nSPS) is 25.2. The summed E-state index contributed by atoms with van der Waals surface area (Å²) in [5, 5.41) is 3.41. The lowest BCUT2D eigenvalue weighted by Gasteiger charge is -2.26. The quantitative estimate of drug-likeness (QED) is 0.693. The van der Waals surface area contributed by atoms with Gasteiger partial charge in [0, 0.05) is 12.6 Å². The van der Waals surface area contributed by atoms with Crippen molar-refractivity contribution in [3.8, 4) is 0 Å². The Morgan fingerprint density at radius 1 is 1.06 bits per heavy atom. The Morgan fingerprint density at radius 3 is 2.33 bits per heavy atom. The minimum absolute atomic E-state index is 0.308. The lowest BCUT2D eigenvalue weighted by atomic mass is 9.87. The largest absolute Gasteiger partial charge is 0.313 e. The number of nitrogens with one attached hydrogen (secondary N) is 1. The molecular weight excluding hydrogens is 246 g/mol. The van der Waals surface area contributed by atoms with E-state index in [1.165, 1.54) is 25.7 Å². The van der Waals surface area contributed by atoms with Crippen LogP contribution in [0.4, 0.5) is 0 Å². The number of hydrogen-bond acceptors (Lipinski definition) is 3. The van der Waals surface area contributed by atoms with Crippen molar-refractivity contribution in [3.63, 3.8) is 0 Å². The fourth-order valence-electron chi connectivity index (χ4n) is 2.56. The van der Waals surface area contributed by atoms with Crippen molar-refractivity contribution < 1.29 is 8.42 Å². The second-order valence-corrected chi connectivity index (χ2v) is 8.07. The zero-order chi connectivity index (χ0) is 13.4. The van der Waals surface area contributed by atoms with Crippen LogP contribution in [0.5, 0.6) is 0 Å². The molecule has 0 aromatic carbocycles. The van der Waals surface area contributed by atoms with Crippen molar-refractivity contribution in [1.29, 1.82) is 0 Å². The summed E-state index contributed by atoms with van der Waals surface area (Å²) in [6.07, 6.45) is 7.89. The summed E-state index contributed by atoms with van der Waals surface area (Å²) in [4.78, 5) is 0. The Hall–Kier alpha value is -0.0900. The Balaban J connectivity index is 2.12. The number of sulfone groups is 1. The first-order valence-corrected chi connectivity index (χ1v) is 9.29. The number of rotatable bonds is 8. The molecule has 1 saturated carbocycles. The maximum Gasteiger partial charge on any atom is 0.151 e. The molecule has 0 saturated heterocycles. The third kappa shape index (κ3) is 6.74. The lowest BCUT2D eigenvalue weighted by molar-refractivity contribution is 0.311. The van der Waals surface area contributed by atoms with E-state index in [2.05, 4.69) is 19.2 Å². The average molecular weight is 275 g/mol. The van der Waals surface area contributed by atoms with E-state index in [4.69, 9.17) is 0 Å². The molecule has 18 heavy (non-hydrogen) atoms. The van der Waals surface area contributed by atoms with Gasteiger partial charge in [-0.3, -0.25) is 0 Å². The van der Waals surface area contributed by atoms with Crippen LogP contribution in [0.1, 0.15) is 58.8 Å². The SMILES string of the molecule is CCCCCS(=O)(=O)CCNC1CCC(C)CC1. The van der Waals surface area contributed by atoms with E-state index < -0.39 is 9.84 Å². The first-order valence-electron chi connectivity index (χ1n) is 7.47. The average Bonchev–Trinajstić information content (AvgIpc) is 2.32. The molecule has 0 heterocycles. The first-order chi connectivity index (χ1) is 8.53. The molecule has 0 aromatic rings. The van der Waals surface area contributed by atoms with E-state index in [1.807, 2.05) is 0 Å². The Bertz CT molecular complexity index is 306. The minimum Gasteiger partial charge on any atom is -0.313 e. The lowest BCUT2D eigenvalue weighted by Crippen LogP contribution is -2.36. The fourth-order valence-corrected chi connectivity index (χ4v) is 3.83. The highest BCUT2D eigenvalue weighted by molar-refractivity contribution is 7.91. The molecule has 0 atom stereocenters. The Labute approximate surface area is 113 Å². The molecule has 108 valence electrons. The van der Waals surface area contributed by atoms with Gasteiger partial charge in [0.15, 0.2) is 9.84 Å². The maximum atomic E-state index is 11.8. The highest BCUT2D eigenvalue weighted by atomic mass is 32.2. The molecule has 0 amide bonds. The van der Waals surface area contributed by atoms with Crippen molar-refractivity contribution in [2.24, 2.45) is 5.92 Å². The van der Waals surface area contributed by atoms with Gasteiger partial charge < -0.3 is 5.32 Å². The number of hydrogen-bond donors (Lipinski definition) is 1. The van der Waals surface area contributed by atoms with Crippen molar-refractivity contribution in [3.05, 3.63) is 0 Å². The minimum atomic E-state index is -2.83. The molecule has 4 heteroatoms. The molecule has 0 aromatic heterocycles. The molecule has 1 aliphatic carbocycles. The van der Waals surface area contributed by atoms with Gasteiger partial charge >= 0.3 is 0 Å². The van der Waals surface area contributed by atoms with Gasteiger partial charge in [-0.2, -0.15) is 0 Å². The molecule has 0 spiro atoms. The van der Waals surface area contributed by atoms with Gasteiger partial charge in [-0.1, -0.05) is 26.7 Å². The van der Waals surface area contributed by atoms with Gasteiger partial charge in [-0.15, -0.1) is 0 Å². The summed E-state index contributed by atoms with van der Waals surface area (Å²) in [5.41, 5.74) is 0.